The van der Waals surface area contributed by atoms with Crippen LogP contribution < -0.4 is 4.90 Å². The smallest absolute Gasteiger partial charge is 0.407 e. The summed E-state index contributed by atoms with van der Waals surface area (Å²) in [5.41, 5.74) is 3.43. The minimum Gasteiger partial charge on any atom is -0.465 e. The van der Waals surface area contributed by atoms with Crippen molar-refractivity contribution in [2.45, 2.75) is 32.4 Å². The summed E-state index contributed by atoms with van der Waals surface area (Å²) in [6.45, 7) is 3.90. The maximum atomic E-state index is 11.2. The predicted molar refractivity (Wildman–Crippen MR) is 106 cm³/mol. The van der Waals surface area contributed by atoms with Crippen LogP contribution in [0, 0.1) is 6.92 Å². The number of hydrogen-bond donors (Lipinski definition) is 1. The number of nitrogens with zero attached hydrogens (tertiary/aromatic N) is 2. The van der Waals surface area contributed by atoms with Gasteiger partial charge in [-0.3, -0.25) is 0 Å². The highest BCUT2D eigenvalue weighted by Crippen LogP contribution is 2.29. The first-order valence-electron chi connectivity index (χ1n) is 8.69. The Bertz CT molecular complexity index is 789. The second-order valence-corrected chi connectivity index (χ2v) is 7.53. The lowest BCUT2D eigenvalue weighted by Gasteiger charge is -2.39. The largest absolute Gasteiger partial charge is 0.465 e. The zero-order chi connectivity index (χ0) is 18.7. The minimum atomic E-state index is -0.838. The van der Waals surface area contributed by atoms with E-state index < -0.39 is 6.09 Å². The molecule has 1 N–H and O–H groups in total. The van der Waals surface area contributed by atoms with E-state index in [2.05, 4.69) is 36.1 Å². The molecule has 0 radical (unpaired) electrons. The number of hydrogen-bond acceptors (Lipinski definition) is 2. The van der Waals surface area contributed by atoms with Crippen LogP contribution in [0.1, 0.15) is 24.0 Å². The minimum absolute atomic E-state index is 0.279. The van der Waals surface area contributed by atoms with Gasteiger partial charge in [0, 0.05) is 31.4 Å². The van der Waals surface area contributed by atoms with E-state index in [-0.39, 0.29) is 6.04 Å². The lowest BCUT2D eigenvalue weighted by Crippen LogP contribution is -2.46. The highest BCUT2D eigenvalue weighted by atomic mass is 35.5. The standard InChI is InChI=1S/C20H22Cl2N2O2/c1-14-3-2-4-17(11-14)24(13-15-5-6-18(21)19(22)12-15)16-7-9-23(10-8-16)20(25)26/h2-6,11-12,16H,7-10,13H2,1H3,(H,25,26). The van der Waals surface area contributed by atoms with Gasteiger partial charge in [0.25, 0.3) is 0 Å². The third kappa shape index (κ3) is 4.43. The molecule has 0 aromatic heterocycles. The molecular weight excluding hydrogens is 371 g/mol. The highest BCUT2D eigenvalue weighted by Gasteiger charge is 2.27. The summed E-state index contributed by atoms with van der Waals surface area (Å²) in [4.78, 5) is 15.0. The van der Waals surface area contributed by atoms with Crippen molar-refractivity contribution >= 4 is 35.0 Å². The molecule has 1 amide bonds. The number of benzene rings is 2. The summed E-state index contributed by atoms with van der Waals surface area (Å²) in [5, 5.41) is 10.3. The van der Waals surface area contributed by atoms with Crippen LogP contribution in [0.15, 0.2) is 42.5 Å². The van der Waals surface area contributed by atoms with E-state index in [0.29, 0.717) is 29.7 Å². The number of amides is 1. The predicted octanol–water partition coefficient (Wildman–Crippen LogP) is 5.45. The average Bonchev–Trinajstić information content (AvgIpc) is 2.62. The van der Waals surface area contributed by atoms with Crippen LogP contribution in [-0.2, 0) is 6.54 Å². The Hall–Kier alpha value is -1.91. The van der Waals surface area contributed by atoms with Crippen molar-refractivity contribution in [1.29, 1.82) is 0 Å². The van der Waals surface area contributed by atoms with Crippen molar-refractivity contribution in [2.75, 3.05) is 18.0 Å². The second kappa shape index (κ2) is 8.19. The number of halogens is 2. The Labute approximate surface area is 163 Å². The van der Waals surface area contributed by atoms with Crippen LogP contribution >= 0.6 is 23.2 Å². The molecule has 0 spiro atoms. The lowest BCUT2D eigenvalue weighted by atomic mass is 10.0. The molecule has 1 saturated heterocycles. The van der Waals surface area contributed by atoms with Crippen LogP contribution in [0.5, 0.6) is 0 Å². The SMILES string of the molecule is Cc1cccc(N(Cc2ccc(Cl)c(Cl)c2)C2CCN(C(=O)O)CC2)c1. The number of aryl methyl sites for hydroxylation is 1. The number of likely N-dealkylation sites (tertiary alicyclic amines) is 1. The summed E-state index contributed by atoms with van der Waals surface area (Å²) < 4.78 is 0. The molecule has 0 aliphatic carbocycles. The first-order chi connectivity index (χ1) is 12.4. The van der Waals surface area contributed by atoms with Gasteiger partial charge in [-0.15, -0.1) is 0 Å². The van der Waals surface area contributed by atoms with Gasteiger partial charge in [-0.25, -0.2) is 4.79 Å². The van der Waals surface area contributed by atoms with Gasteiger partial charge in [-0.2, -0.15) is 0 Å². The van der Waals surface area contributed by atoms with Crippen molar-refractivity contribution < 1.29 is 9.90 Å². The summed E-state index contributed by atoms with van der Waals surface area (Å²) >= 11 is 12.2. The van der Waals surface area contributed by atoms with Crippen molar-refractivity contribution in [2.24, 2.45) is 0 Å². The molecule has 1 fully saturated rings. The Morgan fingerprint density at radius 3 is 2.50 bits per heavy atom. The summed E-state index contributed by atoms with van der Waals surface area (Å²) in [6, 6.07) is 14.4. The van der Waals surface area contributed by atoms with Crippen LogP contribution in [-0.4, -0.2) is 35.2 Å². The van der Waals surface area contributed by atoms with E-state index in [1.165, 1.54) is 10.5 Å². The first-order valence-corrected chi connectivity index (χ1v) is 9.45. The molecule has 1 aliphatic heterocycles. The van der Waals surface area contributed by atoms with Gasteiger partial charge < -0.3 is 14.9 Å². The van der Waals surface area contributed by atoms with Gasteiger partial charge in [0.05, 0.1) is 10.0 Å². The molecule has 4 nitrogen and oxygen atoms in total. The molecule has 2 aromatic carbocycles. The van der Waals surface area contributed by atoms with Gasteiger partial charge in [-0.05, 0) is 55.2 Å². The van der Waals surface area contributed by atoms with Crippen LogP contribution in [0.2, 0.25) is 10.0 Å². The fourth-order valence-corrected chi connectivity index (χ4v) is 3.76. The number of carbonyl (C=O) groups is 1. The van der Waals surface area contributed by atoms with Gasteiger partial charge in [-0.1, -0.05) is 41.4 Å². The fourth-order valence-electron chi connectivity index (χ4n) is 3.44. The Balaban J connectivity index is 1.85. The molecule has 138 valence electrons. The molecule has 0 saturated carbocycles. The van der Waals surface area contributed by atoms with Crippen LogP contribution in [0.4, 0.5) is 10.5 Å². The molecule has 1 aliphatic rings. The van der Waals surface area contributed by atoms with E-state index in [0.717, 1.165) is 24.1 Å². The quantitative estimate of drug-likeness (QED) is 0.751. The maximum Gasteiger partial charge on any atom is 0.407 e. The van der Waals surface area contributed by atoms with Crippen LogP contribution in [0.25, 0.3) is 0 Å². The summed E-state index contributed by atoms with van der Waals surface area (Å²) in [7, 11) is 0. The highest BCUT2D eigenvalue weighted by molar-refractivity contribution is 6.42. The van der Waals surface area contributed by atoms with Gasteiger partial charge in [0.2, 0.25) is 0 Å². The van der Waals surface area contributed by atoms with Crippen molar-refractivity contribution in [3.05, 3.63) is 63.6 Å². The molecule has 26 heavy (non-hydrogen) atoms. The van der Waals surface area contributed by atoms with Gasteiger partial charge in [0.15, 0.2) is 0 Å². The third-order valence-corrected chi connectivity index (χ3v) is 5.59. The molecular formula is C20H22Cl2N2O2. The average molecular weight is 393 g/mol. The monoisotopic (exact) mass is 392 g/mol. The summed E-state index contributed by atoms with van der Waals surface area (Å²) in [5.74, 6) is 0. The fraction of sp³-hybridized carbons (Fsp3) is 0.350. The van der Waals surface area contributed by atoms with Gasteiger partial charge in [0.1, 0.15) is 0 Å². The van der Waals surface area contributed by atoms with E-state index in [9.17, 15) is 9.90 Å². The zero-order valence-electron chi connectivity index (χ0n) is 14.7. The topological polar surface area (TPSA) is 43.8 Å². The number of rotatable bonds is 4. The van der Waals surface area contributed by atoms with Gasteiger partial charge >= 0.3 is 6.09 Å². The Kier molecular flexibility index (Phi) is 5.94. The normalized spacial score (nSPS) is 15.1. The Morgan fingerprint density at radius 2 is 1.88 bits per heavy atom. The molecule has 2 aromatic rings. The van der Waals surface area contributed by atoms with Crippen molar-refractivity contribution in [1.82, 2.24) is 4.90 Å². The zero-order valence-corrected chi connectivity index (χ0v) is 16.2. The van der Waals surface area contributed by atoms with Crippen molar-refractivity contribution in [3.63, 3.8) is 0 Å². The summed E-state index contributed by atoms with van der Waals surface area (Å²) in [6.07, 6.45) is 0.776. The lowest BCUT2D eigenvalue weighted by molar-refractivity contribution is 0.131. The van der Waals surface area contributed by atoms with Crippen molar-refractivity contribution in [3.8, 4) is 0 Å². The number of anilines is 1. The van der Waals surface area contributed by atoms with E-state index >= 15 is 0 Å². The number of carboxylic acid groups (broad SMARTS) is 1. The molecule has 0 atom stereocenters. The maximum absolute atomic E-state index is 11.2. The number of piperidine rings is 1. The van der Waals surface area contributed by atoms with E-state index in [1.54, 1.807) is 0 Å². The molecule has 6 heteroatoms. The van der Waals surface area contributed by atoms with E-state index in [4.69, 9.17) is 23.2 Å². The first kappa shape index (κ1) is 18.9. The third-order valence-electron chi connectivity index (χ3n) is 4.85. The molecule has 0 unspecified atom stereocenters. The molecule has 1 heterocycles. The molecule has 0 bridgehead atoms. The van der Waals surface area contributed by atoms with Crippen LogP contribution in [0.3, 0.4) is 0 Å². The Morgan fingerprint density at radius 1 is 1.15 bits per heavy atom. The van der Waals surface area contributed by atoms with E-state index in [1.807, 2.05) is 18.2 Å². The second-order valence-electron chi connectivity index (χ2n) is 6.72. The molecule has 3 rings (SSSR count).